The molecule has 1 aromatic rings. The molecule has 0 unspecified atom stereocenters. The molecule has 1 aromatic heterocycles. The van der Waals surface area contributed by atoms with Crippen molar-refractivity contribution in [2.75, 3.05) is 32.8 Å². The lowest BCUT2D eigenvalue weighted by molar-refractivity contribution is -0.130. The van der Waals surface area contributed by atoms with Gasteiger partial charge in [0.25, 0.3) is 5.91 Å². The Morgan fingerprint density at radius 1 is 1.45 bits per heavy atom. The molecule has 3 rings (SSSR count). The highest BCUT2D eigenvalue weighted by atomic mass is 16.5. The first kappa shape index (κ1) is 15.1. The number of rotatable bonds is 3. The fraction of sp³-hybridized carbons (Fsp3) is 0.625. The molecule has 0 N–H and O–H groups in total. The summed E-state index contributed by atoms with van der Waals surface area (Å²) in [6.45, 7) is 6.18. The number of carbonyl (C=O) groups excluding carboxylic acids is 1. The zero-order valence-electron chi connectivity index (χ0n) is 13.4. The molecule has 3 heterocycles. The van der Waals surface area contributed by atoms with Gasteiger partial charge in [-0.15, -0.1) is 0 Å². The number of likely N-dealkylation sites (N-methyl/N-ethyl adjacent to an activating group) is 1. The summed E-state index contributed by atoms with van der Waals surface area (Å²) in [5.74, 6) is 1.14. The minimum atomic E-state index is 0.120. The van der Waals surface area contributed by atoms with E-state index in [1.807, 2.05) is 28.9 Å². The van der Waals surface area contributed by atoms with E-state index in [-0.39, 0.29) is 11.9 Å². The summed E-state index contributed by atoms with van der Waals surface area (Å²) in [6.07, 6.45) is 7.17. The lowest BCUT2D eigenvalue weighted by Gasteiger charge is -2.40. The van der Waals surface area contributed by atoms with Gasteiger partial charge in [-0.3, -0.25) is 9.69 Å². The first-order chi connectivity index (χ1) is 10.7. The molecule has 2 aliphatic heterocycles. The van der Waals surface area contributed by atoms with Gasteiger partial charge >= 0.3 is 0 Å². The van der Waals surface area contributed by atoms with Crippen molar-refractivity contribution in [2.45, 2.75) is 25.8 Å². The number of nitrogens with zero attached hydrogens (tertiary/aromatic N) is 4. The molecule has 0 aromatic carbocycles. The number of carbonyl (C=O) groups is 1. The van der Waals surface area contributed by atoms with Crippen LogP contribution in [0.5, 0.6) is 0 Å². The first-order valence-electron chi connectivity index (χ1n) is 8.02. The van der Waals surface area contributed by atoms with Crippen molar-refractivity contribution in [3.8, 4) is 0 Å². The van der Waals surface area contributed by atoms with E-state index in [0.717, 1.165) is 50.5 Å². The van der Waals surface area contributed by atoms with Gasteiger partial charge < -0.3 is 14.2 Å². The summed E-state index contributed by atoms with van der Waals surface area (Å²) >= 11 is 0. The number of piperazine rings is 1. The Bertz CT molecular complexity index is 566. The minimum Gasteiger partial charge on any atom is -0.501 e. The second-order valence-corrected chi connectivity index (χ2v) is 5.91. The maximum atomic E-state index is 12.7. The van der Waals surface area contributed by atoms with E-state index in [9.17, 15) is 4.79 Å². The number of imidazole rings is 1. The predicted molar refractivity (Wildman–Crippen MR) is 83.0 cm³/mol. The number of ether oxygens (including phenoxy) is 1. The molecule has 0 radical (unpaired) electrons. The Labute approximate surface area is 131 Å². The molecule has 6 heteroatoms. The van der Waals surface area contributed by atoms with Crippen LogP contribution in [-0.2, 0) is 16.6 Å². The molecule has 1 amide bonds. The fourth-order valence-electron chi connectivity index (χ4n) is 3.25. The predicted octanol–water partition coefficient (Wildman–Crippen LogP) is 1.32. The lowest BCUT2D eigenvalue weighted by atomic mass is 10.1. The summed E-state index contributed by atoms with van der Waals surface area (Å²) in [5.41, 5.74) is 0.801. The van der Waals surface area contributed by atoms with Crippen molar-refractivity contribution in [1.29, 1.82) is 0 Å². The Morgan fingerprint density at radius 3 is 2.95 bits per heavy atom. The number of amides is 1. The third kappa shape index (κ3) is 2.88. The van der Waals surface area contributed by atoms with Crippen molar-refractivity contribution in [1.82, 2.24) is 19.4 Å². The number of hydrogen-bond donors (Lipinski definition) is 0. The molecule has 1 saturated heterocycles. The van der Waals surface area contributed by atoms with Gasteiger partial charge in [-0.05, 0) is 19.4 Å². The quantitative estimate of drug-likeness (QED) is 0.845. The van der Waals surface area contributed by atoms with Gasteiger partial charge in [-0.25, -0.2) is 4.98 Å². The summed E-state index contributed by atoms with van der Waals surface area (Å²) in [7, 11) is 2.01. The van der Waals surface area contributed by atoms with Gasteiger partial charge in [0.05, 0.1) is 24.5 Å². The molecule has 0 aliphatic carbocycles. The zero-order valence-corrected chi connectivity index (χ0v) is 13.4. The van der Waals surface area contributed by atoms with Crippen LogP contribution in [0.2, 0.25) is 0 Å². The van der Waals surface area contributed by atoms with Crippen molar-refractivity contribution < 1.29 is 9.53 Å². The largest absolute Gasteiger partial charge is 0.501 e. The molecule has 0 bridgehead atoms. The average Bonchev–Trinajstić information content (AvgIpc) is 3.00. The second kappa shape index (κ2) is 6.52. The molecule has 120 valence electrons. The van der Waals surface area contributed by atoms with E-state index in [0.29, 0.717) is 6.54 Å². The van der Waals surface area contributed by atoms with Crippen molar-refractivity contribution in [2.24, 2.45) is 7.05 Å². The van der Waals surface area contributed by atoms with Crippen LogP contribution in [-0.4, -0.2) is 58.0 Å². The van der Waals surface area contributed by atoms with Crippen LogP contribution in [0.15, 0.2) is 24.2 Å². The van der Waals surface area contributed by atoms with E-state index >= 15 is 0 Å². The molecule has 0 spiro atoms. The van der Waals surface area contributed by atoms with Crippen LogP contribution in [0.1, 0.15) is 31.6 Å². The SMILES string of the molecule is CCN1CCN(C(=O)C2=COCCC2)C[C@H]1c1nccn1C. The zero-order chi connectivity index (χ0) is 15.5. The molecular weight excluding hydrogens is 280 g/mol. The third-order valence-electron chi connectivity index (χ3n) is 4.55. The Hall–Kier alpha value is -1.82. The first-order valence-corrected chi connectivity index (χ1v) is 8.02. The highest BCUT2D eigenvalue weighted by Crippen LogP contribution is 2.25. The highest BCUT2D eigenvalue weighted by molar-refractivity contribution is 5.93. The average molecular weight is 304 g/mol. The standard InChI is InChI=1S/C16H24N4O2/c1-3-19-8-9-20(16(21)13-5-4-10-22-12-13)11-14(19)15-17-6-7-18(15)2/h6-7,12,14H,3-5,8-11H2,1-2H3/t14-/m0/s1. The molecule has 6 nitrogen and oxygen atoms in total. The van der Waals surface area contributed by atoms with Gasteiger partial charge in [-0.1, -0.05) is 6.92 Å². The van der Waals surface area contributed by atoms with E-state index in [1.165, 1.54) is 0 Å². The van der Waals surface area contributed by atoms with Crippen molar-refractivity contribution in [3.05, 3.63) is 30.1 Å². The normalized spacial score (nSPS) is 23.1. The van der Waals surface area contributed by atoms with E-state index < -0.39 is 0 Å². The molecular formula is C16H24N4O2. The molecule has 1 atom stereocenters. The van der Waals surface area contributed by atoms with Crippen LogP contribution >= 0.6 is 0 Å². The van der Waals surface area contributed by atoms with Crippen LogP contribution in [0, 0.1) is 0 Å². The van der Waals surface area contributed by atoms with Crippen molar-refractivity contribution >= 4 is 5.91 Å². The number of hydrogen-bond acceptors (Lipinski definition) is 4. The number of aromatic nitrogens is 2. The molecule has 22 heavy (non-hydrogen) atoms. The Balaban J connectivity index is 1.77. The van der Waals surface area contributed by atoms with Gasteiger partial charge in [0.1, 0.15) is 5.82 Å². The van der Waals surface area contributed by atoms with E-state index in [4.69, 9.17) is 4.74 Å². The topological polar surface area (TPSA) is 50.6 Å². The summed E-state index contributed by atoms with van der Waals surface area (Å²) in [6, 6.07) is 0.160. The molecule has 0 saturated carbocycles. The van der Waals surface area contributed by atoms with Crippen LogP contribution < -0.4 is 0 Å². The monoisotopic (exact) mass is 304 g/mol. The summed E-state index contributed by atoms with van der Waals surface area (Å²) in [4.78, 5) is 21.5. The maximum Gasteiger partial charge on any atom is 0.252 e. The minimum absolute atomic E-state index is 0.120. The maximum absolute atomic E-state index is 12.7. The van der Waals surface area contributed by atoms with Gasteiger partial charge in [0.15, 0.2) is 0 Å². The highest BCUT2D eigenvalue weighted by Gasteiger charge is 2.33. The summed E-state index contributed by atoms with van der Waals surface area (Å²) in [5, 5.41) is 0. The van der Waals surface area contributed by atoms with Crippen LogP contribution in [0.25, 0.3) is 0 Å². The van der Waals surface area contributed by atoms with Gasteiger partial charge in [-0.2, -0.15) is 0 Å². The molecule has 2 aliphatic rings. The fourth-order valence-corrected chi connectivity index (χ4v) is 3.25. The van der Waals surface area contributed by atoms with Crippen molar-refractivity contribution in [3.63, 3.8) is 0 Å². The second-order valence-electron chi connectivity index (χ2n) is 5.91. The lowest BCUT2D eigenvalue weighted by Crippen LogP contribution is -2.51. The smallest absolute Gasteiger partial charge is 0.252 e. The van der Waals surface area contributed by atoms with Crippen LogP contribution in [0.3, 0.4) is 0 Å². The Morgan fingerprint density at radius 2 is 2.32 bits per heavy atom. The van der Waals surface area contributed by atoms with E-state index in [1.54, 1.807) is 6.26 Å². The third-order valence-corrected chi connectivity index (χ3v) is 4.55. The van der Waals surface area contributed by atoms with E-state index in [2.05, 4.69) is 16.8 Å². The van der Waals surface area contributed by atoms with Crippen LogP contribution in [0.4, 0.5) is 0 Å². The molecule has 1 fully saturated rings. The number of aryl methyl sites for hydroxylation is 1. The Kier molecular flexibility index (Phi) is 4.47. The van der Waals surface area contributed by atoms with Gasteiger partial charge in [0, 0.05) is 39.1 Å². The summed E-state index contributed by atoms with van der Waals surface area (Å²) < 4.78 is 7.36. The van der Waals surface area contributed by atoms with Gasteiger partial charge in [0.2, 0.25) is 0 Å².